The number of carbonyl (C=O) groups is 2. The Morgan fingerprint density at radius 3 is 2.26 bits per heavy atom. The molecule has 31 heavy (non-hydrogen) atoms. The van der Waals surface area contributed by atoms with Crippen LogP contribution < -0.4 is 4.90 Å². The lowest BCUT2D eigenvalue weighted by Gasteiger charge is -2.29. The number of aryl methyl sites for hydroxylation is 1. The van der Waals surface area contributed by atoms with E-state index in [0.29, 0.717) is 30.5 Å². The van der Waals surface area contributed by atoms with Crippen LogP contribution in [0.1, 0.15) is 31.2 Å². The van der Waals surface area contributed by atoms with E-state index >= 15 is 0 Å². The third-order valence-electron chi connectivity index (χ3n) is 5.53. The Bertz CT molecular complexity index is 878. The van der Waals surface area contributed by atoms with Crippen LogP contribution in [0.15, 0.2) is 48.5 Å². The van der Waals surface area contributed by atoms with Gasteiger partial charge in [0.25, 0.3) is 0 Å². The first kappa shape index (κ1) is 22.7. The van der Waals surface area contributed by atoms with Crippen LogP contribution >= 0.6 is 0 Å². The number of carboxylic acid groups (broad SMARTS) is 1. The molecule has 1 aliphatic carbocycles. The number of rotatable bonds is 8. The molecular formula is C24H28FNO5. The largest absolute Gasteiger partial charge is 0.480 e. The molecule has 7 heteroatoms. The molecule has 0 unspecified atom stereocenters. The molecule has 3 rings (SSSR count). The number of hydrogen-bond acceptors (Lipinski definition) is 4. The van der Waals surface area contributed by atoms with E-state index in [4.69, 9.17) is 14.6 Å². The highest BCUT2D eigenvalue weighted by molar-refractivity contribution is 5.96. The average molecular weight is 429 g/mol. The zero-order valence-electron chi connectivity index (χ0n) is 17.6. The van der Waals surface area contributed by atoms with Gasteiger partial charge in [-0.1, -0.05) is 23.8 Å². The van der Waals surface area contributed by atoms with Crippen molar-refractivity contribution in [3.05, 3.63) is 59.9 Å². The van der Waals surface area contributed by atoms with Gasteiger partial charge in [-0.05, 0) is 74.8 Å². The molecule has 1 saturated carbocycles. The van der Waals surface area contributed by atoms with Gasteiger partial charge in [0.05, 0.1) is 24.6 Å². The van der Waals surface area contributed by atoms with Crippen molar-refractivity contribution >= 4 is 23.4 Å². The van der Waals surface area contributed by atoms with Crippen LogP contribution in [0.25, 0.3) is 0 Å². The molecule has 1 amide bonds. The third-order valence-corrected chi connectivity index (χ3v) is 5.53. The maximum absolute atomic E-state index is 13.8. The second kappa shape index (κ2) is 10.9. The predicted molar refractivity (Wildman–Crippen MR) is 115 cm³/mol. The number of carbonyl (C=O) groups excluding carboxylic acids is 1. The van der Waals surface area contributed by atoms with Crippen LogP contribution in [-0.4, -0.2) is 37.0 Å². The van der Waals surface area contributed by atoms with Gasteiger partial charge in [-0.25, -0.2) is 18.9 Å². The van der Waals surface area contributed by atoms with Gasteiger partial charge < -0.3 is 14.6 Å². The zero-order chi connectivity index (χ0) is 22.2. The highest BCUT2D eigenvalue weighted by Gasteiger charge is 2.25. The molecule has 1 fully saturated rings. The van der Waals surface area contributed by atoms with Crippen molar-refractivity contribution < 1.29 is 28.6 Å². The summed E-state index contributed by atoms with van der Waals surface area (Å²) in [5.41, 5.74) is 2.08. The highest BCUT2D eigenvalue weighted by Crippen LogP contribution is 2.31. The number of halogens is 1. The van der Waals surface area contributed by atoms with Crippen molar-refractivity contribution in [2.45, 2.75) is 32.6 Å². The maximum Gasteiger partial charge on any atom is 0.418 e. The van der Waals surface area contributed by atoms with E-state index in [2.05, 4.69) is 0 Å². The summed E-state index contributed by atoms with van der Waals surface area (Å²) in [7, 11) is 0. The Balaban J connectivity index is 1.57. The molecule has 0 aromatic heterocycles. The van der Waals surface area contributed by atoms with Gasteiger partial charge in [0.1, 0.15) is 12.4 Å². The van der Waals surface area contributed by atoms with Crippen molar-refractivity contribution in [3.8, 4) is 0 Å². The second-order valence-electron chi connectivity index (χ2n) is 8.02. The van der Waals surface area contributed by atoms with Crippen molar-refractivity contribution in [3.63, 3.8) is 0 Å². The Kier molecular flexibility index (Phi) is 8.00. The van der Waals surface area contributed by atoms with Crippen LogP contribution in [0.2, 0.25) is 0 Å². The molecule has 2 aromatic carbocycles. The fourth-order valence-corrected chi connectivity index (χ4v) is 3.80. The number of amides is 1. The van der Waals surface area contributed by atoms with Gasteiger partial charge in [-0.15, -0.1) is 0 Å². The van der Waals surface area contributed by atoms with Gasteiger partial charge in [0, 0.05) is 0 Å². The summed E-state index contributed by atoms with van der Waals surface area (Å²) in [5, 5.41) is 8.65. The smallest absolute Gasteiger partial charge is 0.418 e. The monoisotopic (exact) mass is 429 g/mol. The molecule has 0 radical (unpaired) electrons. The molecule has 0 atom stereocenters. The number of hydrogen-bond donors (Lipinski definition) is 1. The molecule has 0 aliphatic heterocycles. The Morgan fingerprint density at radius 1 is 1.00 bits per heavy atom. The van der Waals surface area contributed by atoms with Gasteiger partial charge in [-0.2, -0.15) is 0 Å². The maximum atomic E-state index is 13.8. The fourth-order valence-electron chi connectivity index (χ4n) is 3.80. The van der Waals surface area contributed by atoms with Crippen LogP contribution in [-0.2, 0) is 14.3 Å². The molecule has 2 aromatic rings. The quantitative estimate of drug-likeness (QED) is 0.615. The molecule has 0 spiro atoms. The Hall–Kier alpha value is -2.93. The topological polar surface area (TPSA) is 76.1 Å². The summed E-state index contributed by atoms with van der Waals surface area (Å²) in [4.78, 5) is 24.9. The molecule has 0 heterocycles. The SMILES string of the molecule is Cc1ccc(N(C(=O)OC[C@H]2CC[C@H](COCC(=O)O)CC2)c2cccc(F)c2)cc1. The molecule has 1 N–H and O–H groups in total. The van der Waals surface area contributed by atoms with E-state index < -0.39 is 17.9 Å². The number of ether oxygens (including phenoxy) is 2. The molecule has 166 valence electrons. The first-order valence-electron chi connectivity index (χ1n) is 10.5. The number of aliphatic carboxylic acids is 1. The summed E-state index contributed by atoms with van der Waals surface area (Å²) in [6.45, 7) is 2.42. The highest BCUT2D eigenvalue weighted by atomic mass is 19.1. The van der Waals surface area contributed by atoms with E-state index in [9.17, 15) is 14.0 Å². The summed E-state index contributed by atoms with van der Waals surface area (Å²) < 4.78 is 24.6. The first-order chi connectivity index (χ1) is 14.9. The lowest BCUT2D eigenvalue weighted by Crippen LogP contribution is -2.30. The fraction of sp³-hybridized carbons (Fsp3) is 0.417. The lowest BCUT2D eigenvalue weighted by atomic mass is 9.83. The molecule has 0 saturated heterocycles. The van der Waals surface area contributed by atoms with Crippen LogP contribution in [0, 0.1) is 24.6 Å². The standard InChI is InChI=1S/C24H28FNO5/c1-17-5-11-21(12-6-17)26(22-4-2-3-20(25)13-22)24(29)31-15-19-9-7-18(8-10-19)14-30-16-23(27)28/h2-6,11-13,18-19H,7-10,14-16H2,1H3,(H,27,28)/t18-,19-. The van der Waals surface area contributed by atoms with E-state index in [-0.39, 0.29) is 12.5 Å². The van der Waals surface area contributed by atoms with Gasteiger partial charge >= 0.3 is 12.1 Å². The van der Waals surface area contributed by atoms with Crippen LogP contribution in [0.4, 0.5) is 20.6 Å². The average Bonchev–Trinajstić information content (AvgIpc) is 2.74. The third kappa shape index (κ3) is 6.79. The Labute approximate surface area is 181 Å². The number of benzene rings is 2. The minimum atomic E-state index is -0.961. The summed E-state index contributed by atoms with van der Waals surface area (Å²) in [6.07, 6.45) is 3.06. The number of nitrogens with zero attached hydrogens (tertiary/aromatic N) is 1. The second-order valence-corrected chi connectivity index (χ2v) is 8.02. The van der Waals surface area contributed by atoms with E-state index in [0.717, 1.165) is 31.2 Å². The van der Waals surface area contributed by atoms with Crippen molar-refractivity contribution in [2.75, 3.05) is 24.7 Å². The predicted octanol–water partition coefficient (Wildman–Crippen LogP) is 5.32. The molecule has 1 aliphatic rings. The summed E-state index contributed by atoms with van der Waals surface area (Å²) in [6, 6.07) is 13.3. The number of carboxylic acids is 1. The minimum Gasteiger partial charge on any atom is -0.480 e. The molecular weight excluding hydrogens is 401 g/mol. The van der Waals surface area contributed by atoms with E-state index in [1.54, 1.807) is 12.1 Å². The van der Waals surface area contributed by atoms with Gasteiger partial charge in [-0.3, -0.25) is 0 Å². The molecule has 0 bridgehead atoms. The van der Waals surface area contributed by atoms with E-state index in [1.165, 1.54) is 17.0 Å². The van der Waals surface area contributed by atoms with Crippen molar-refractivity contribution in [1.82, 2.24) is 0 Å². The van der Waals surface area contributed by atoms with Gasteiger partial charge in [0.15, 0.2) is 0 Å². The first-order valence-corrected chi connectivity index (χ1v) is 10.5. The zero-order valence-corrected chi connectivity index (χ0v) is 17.6. The van der Waals surface area contributed by atoms with E-state index in [1.807, 2.05) is 31.2 Å². The lowest BCUT2D eigenvalue weighted by molar-refractivity contribution is -0.142. The summed E-state index contributed by atoms with van der Waals surface area (Å²) in [5.74, 6) is -0.808. The van der Waals surface area contributed by atoms with Gasteiger partial charge in [0.2, 0.25) is 0 Å². The number of anilines is 2. The molecule has 6 nitrogen and oxygen atoms in total. The van der Waals surface area contributed by atoms with Crippen molar-refractivity contribution in [2.24, 2.45) is 11.8 Å². The Morgan fingerprint density at radius 2 is 1.65 bits per heavy atom. The normalized spacial score (nSPS) is 18.4. The van der Waals surface area contributed by atoms with Crippen LogP contribution in [0.5, 0.6) is 0 Å². The minimum absolute atomic E-state index is 0.243. The van der Waals surface area contributed by atoms with Crippen molar-refractivity contribution in [1.29, 1.82) is 0 Å². The summed E-state index contributed by atoms with van der Waals surface area (Å²) >= 11 is 0. The van der Waals surface area contributed by atoms with Crippen LogP contribution in [0.3, 0.4) is 0 Å².